The van der Waals surface area contributed by atoms with Gasteiger partial charge in [0.2, 0.25) is 0 Å². The molecule has 0 radical (unpaired) electrons. The van der Waals surface area contributed by atoms with Crippen LogP contribution in [0.15, 0.2) is 5.16 Å². The number of nitrogens with zero attached hydrogens (tertiary/aromatic N) is 2. The molecule has 3 N–H and O–H groups in total. The predicted molar refractivity (Wildman–Crippen MR) is 62.1 cm³/mol. The van der Waals surface area contributed by atoms with Crippen molar-refractivity contribution in [3.8, 4) is 0 Å². The molecule has 1 rings (SSSR count). The molecule has 4 heteroatoms. The molecule has 0 spiro atoms. The highest BCUT2D eigenvalue weighted by atomic mass is 16.4. The summed E-state index contributed by atoms with van der Waals surface area (Å²) in [5.41, 5.74) is 5.40. The van der Waals surface area contributed by atoms with E-state index in [-0.39, 0.29) is 0 Å². The number of amidine groups is 1. The first-order valence-corrected chi connectivity index (χ1v) is 5.90. The Balaban J connectivity index is 2.04. The lowest BCUT2D eigenvalue weighted by Crippen LogP contribution is -2.30. The molecule has 0 unspecified atom stereocenters. The lowest BCUT2D eigenvalue weighted by molar-refractivity contribution is 0.241. The maximum atomic E-state index is 8.37. The molecule has 0 aliphatic heterocycles. The first-order chi connectivity index (χ1) is 7.24. The zero-order valence-electron chi connectivity index (χ0n) is 9.65. The summed E-state index contributed by atoms with van der Waals surface area (Å²) >= 11 is 0. The summed E-state index contributed by atoms with van der Waals surface area (Å²) < 4.78 is 0. The highest BCUT2D eigenvalue weighted by molar-refractivity contribution is 5.79. The SMILES string of the molecule is CN(CCCC/C(N)=N/O)C1CCCC1. The third-order valence-corrected chi connectivity index (χ3v) is 3.27. The van der Waals surface area contributed by atoms with Crippen molar-refractivity contribution in [2.45, 2.75) is 51.0 Å². The minimum atomic E-state index is 0.346. The third-order valence-electron chi connectivity index (χ3n) is 3.27. The molecule has 0 saturated heterocycles. The fourth-order valence-electron chi connectivity index (χ4n) is 2.24. The van der Waals surface area contributed by atoms with E-state index < -0.39 is 0 Å². The van der Waals surface area contributed by atoms with Gasteiger partial charge in [0.1, 0.15) is 5.84 Å². The summed E-state index contributed by atoms with van der Waals surface area (Å²) in [6, 6.07) is 0.800. The van der Waals surface area contributed by atoms with Crippen LogP contribution < -0.4 is 5.73 Å². The molecule has 1 saturated carbocycles. The molecular weight excluding hydrogens is 190 g/mol. The molecule has 1 fully saturated rings. The largest absolute Gasteiger partial charge is 0.409 e. The van der Waals surface area contributed by atoms with Crippen LogP contribution in [0.5, 0.6) is 0 Å². The Kier molecular flexibility index (Phi) is 5.47. The van der Waals surface area contributed by atoms with E-state index in [2.05, 4.69) is 17.1 Å². The number of oxime groups is 1. The second-order valence-corrected chi connectivity index (χ2v) is 4.47. The standard InChI is InChI=1S/C11H23N3O/c1-14(10-6-2-3-7-10)9-5-4-8-11(12)13-15/h10,15H,2-9H2,1H3,(H2,12,13). The Morgan fingerprint density at radius 2 is 2.07 bits per heavy atom. The maximum Gasteiger partial charge on any atom is 0.139 e. The number of nitrogens with two attached hydrogens (primary N) is 1. The van der Waals surface area contributed by atoms with Crippen LogP contribution in [0, 0.1) is 0 Å². The van der Waals surface area contributed by atoms with Gasteiger partial charge in [0.25, 0.3) is 0 Å². The molecular formula is C11H23N3O. The number of hydrogen-bond acceptors (Lipinski definition) is 3. The van der Waals surface area contributed by atoms with Crippen molar-refractivity contribution in [2.75, 3.05) is 13.6 Å². The zero-order chi connectivity index (χ0) is 11.1. The van der Waals surface area contributed by atoms with Crippen molar-refractivity contribution in [2.24, 2.45) is 10.9 Å². The van der Waals surface area contributed by atoms with Gasteiger partial charge in [-0.15, -0.1) is 0 Å². The van der Waals surface area contributed by atoms with Gasteiger partial charge in [-0.2, -0.15) is 0 Å². The average Bonchev–Trinajstić information content (AvgIpc) is 2.77. The van der Waals surface area contributed by atoms with E-state index in [9.17, 15) is 0 Å². The Hall–Kier alpha value is -0.770. The van der Waals surface area contributed by atoms with Gasteiger partial charge in [-0.25, -0.2) is 0 Å². The van der Waals surface area contributed by atoms with Crippen molar-refractivity contribution < 1.29 is 5.21 Å². The van der Waals surface area contributed by atoms with Crippen LogP contribution in [0.1, 0.15) is 44.9 Å². The Morgan fingerprint density at radius 3 is 2.67 bits per heavy atom. The van der Waals surface area contributed by atoms with Gasteiger partial charge in [0.05, 0.1) is 0 Å². The number of unbranched alkanes of at least 4 members (excludes halogenated alkanes) is 1. The summed E-state index contributed by atoms with van der Waals surface area (Å²) in [7, 11) is 2.21. The second kappa shape index (κ2) is 6.67. The summed E-state index contributed by atoms with van der Waals surface area (Å²) in [6.45, 7) is 1.13. The van der Waals surface area contributed by atoms with Crippen molar-refractivity contribution in [3.05, 3.63) is 0 Å². The van der Waals surface area contributed by atoms with Crippen LogP contribution in [-0.4, -0.2) is 35.6 Å². The van der Waals surface area contributed by atoms with Crippen molar-refractivity contribution in [1.82, 2.24) is 4.90 Å². The summed E-state index contributed by atoms with van der Waals surface area (Å²) in [5, 5.41) is 11.3. The van der Waals surface area contributed by atoms with Crippen LogP contribution in [0.3, 0.4) is 0 Å². The summed E-state index contributed by atoms with van der Waals surface area (Å²) in [6.07, 6.45) is 8.33. The van der Waals surface area contributed by atoms with Crippen LogP contribution in [0.25, 0.3) is 0 Å². The minimum Gasteiger partial charge on any atom is -0.409 e. The molecule has 88 valence electrons. The highest BCUT2D eigenvalue weighted by Crippen LogP contribution is 2.22. The lowest BCUT2D eigenvalue weighted by atomic mass is 10.2. The molecule has 0 amide bonds. The Morgan fingerprint density at radius 1 is 1.40 bits per heavy atom. The lowest BCUT2D eigenvalue weighted by Gasteiger charge is -2.23. The average molecular weight is 213 g/mol. The molecule has 0 aromatic heterocycles. The van der Waals surface area contributed by atoms with Crippen LogP contribution >= 0.6 is 0 Å². The molecule has 0 bridgehead atoms. The highest BCUT2D eigenvalue weighted by Gasteiger charge is 2.18. The van der Waals surface area contributed by atoms with Crippen LogP contribution in [-0.2, 0) is 0 Å². The first-order valence-electron chi connectivity index (χ1n) is 5.90. The zero-order valence-corrected chi connectivity index (χ0v) is 9.65. The van der Waals surface area contributed by atoms with E-state index in [0.29, 0.717) is 12.3 Å². The van der Waals surface area contributed by atoms with Crippen LogP contribution in [0.2, 0.25) is 0 Å². The normalized spacial score (nSPS) is 18.9. The van der Waals surface area contributed by atoms with Gasteiger partial charge in [-0.05, 0) is 39.3 Å². The van der Waals surface area contributed by atoms with E-state index in [1.807, 2.05) is 0 Å². The van der Waals surface area contributed by atoms with Crippen LogP contribution in [0.4, 0.5) is 0 Å². The minimum absolute atomic E-state index is 0.346. The summed E-state index contributed by atoms with van der Waals surface area (Å²) in [4.78, 5) is 2.46. The van der Waals surface area contributed by atoms with Gasteiger partial charge in [-0.1, -0.05) is 18.0 Å². The first kappa shape index (κ1) is 12.3. The topological polar surface area (TPSA) is 61.8 Å². The van der Waals surface area contributed by atoms with Gasteiger partial charge >= 0.3 is 0 Å². The van der Waals surface area contributed by atoms with Crippen molar-refractivity contribution in [3.63, 3.8) is 0 Å². The van der Waals surface area contributed by atoms with E-state index in [1.54, 1.807) is 0 Å². The fourth-order valence-corrected chi connectivity index (χ4v) is 2.24. The molecule has 1 aliphatic rings. The van der Waals surface area contributed by atoms with E-state index in [4.69, 9.17) is 10.9 Å². The second-order valence-electron chi connectivity index (χ2n) is 4.47. The predicted octanol–water partition coefficient (Wildman–Crippen LogP) is 1.78. The Bertz CT molecular complexity index is 200. The fraction of sp³-hybridized carbons (Fsp3) is 0.909. The smallest absolute Gasteiger partial charge is 0.139 e. The van der Waals surface area contributed by atoms with Crippen molar-refractivity contribution >= 4 is 5.84 Å². The number of rotatable bonds is 6. The van der Waals surface area contributed by atoms with Gasteiger partial charge in [0, 0.05) is 12.5 Å². The molecule has 0 aromatic rings. The van der Waals surface area contributed by atoms with Crippen molar-refractivity contribution in [1.29, 1.82) is 0 Å². The quantitative estimate of drug-likeness (QED) is 0.232. The molecule has 0 atom stereocenters. The molecule has 4 nitrogen and oxygen atoms in total. The number of hydrogen-bond donors (Lipinski definition) is 2. The maximum absolute atomic E-state index is 8.37. The Labute approximate surface area is 92.1 Å². The van der Waals surface area contributed by atoms with E-state index in [1.165, 1.54) is 25.7 Å². The monoisotopic (exact) mass is 213 g/mol. The molecule has 0 heterocycles. The molecule has 15 heavy (non-hydrogen) atoms. The van der Waals surface area contributed by atoms with Gasteiger partial charge < -0.3 is 15.8 Å². The van der Waals surface area contributed by atoms with Gasteiger partial charge in [-0.3, -0.25) is 0 Å². The molecule has 1 aliphatic carbocycles. The van der Waals surface area contributed by atoms with E-state index in [0.717, 1.165) is 25.4 Å². The van der Waals surface area contributed by atoms with E-state index >= 15 is 0 Å². The summed E-state index contributed by atoms with van der Waals surface area (Å²) in [5.74, 6) is 0.346. The molecule has 0 aromatic carbocycles. The third kappa shape index (κ3) is 4.51. The van der Waals surface area contributed by atoms with Gasteiger partial charge in [0.15, 0.2) is 0 Å².